The summed E-state index contributed by atoms with van der Waals surface area (Å²) >= 11 is 0. The molecular weight excluding hydrogens is 454 g/mol. The van der Waals surface area contributed by atoms with Crippen molar-refractivity contribution in [2.75, 3.05) is 0 Å². The molecule has 0 unspecified atom stereocenters. The smallest absolute Gasteiger partial charge is 0.677 e. The molecule has 154 valence electrons. The molecule has 0 spiro atoms. The van der Waals surface area contributed by atoms with Gasteiger partial charge >= 0.3 is 26.2 Å². The molecule has 0 amide bonds. The molecule has 0 heterocycles. The van der Waals surface area contributed by atoms with Crippen molar-refractivity contribution in [2.24, 2.45) is 5.92 Å². The fourth-order valence-corrected chi connectivity index (χ4v) is 3.92. The number of para-hydroxylation sites is 1. The van der Waals surface area contributed by atoms with Crippen LogP contribution >= 0.6 is 0 Å². The Bertz CT molecular complexity index is 653. The Labute approximate surface area is 210 Å². The standard InChI is InChI=1S/C19H21N.2C5H5.Zr/c1-16-10-8-9-15-19(16,17-11-4-2-5-12-17)20-18-13-6-3-7-14-18;2*1-2-4-5-3-1;/h2-7,11-14,16H,1,8-10,15H2;2*1-5H;/q-2;;;+4/t16-,19+;;;/m1.../s1. The van der Waals surface area contributed by atoms with E-state index < -0.39 is 0 Å². The van der Waals surface area contributed by atoms with Gasteiger partial charge in [0.2, 0.25) is 0 Å². The molecule has 0 saturated heterocycles. The average Bonchev–Trinajstić information content (AvgIpc) is 3.56. The molecule has 3 aliphatic rings. The maximum atomic E-state index is 5.14. The zero-order valence-electron chi connectivity index (χ0n) is 18.1. The van der Waals surface area contributed by atoms with Crippen molar-refractivity contribution < 1.29 is 26.2 Å². The summed E-state index contributed by atoms with van der Waals surface area (Å²) in [5.41, 5.74) is 2.22. The fourth-order valence-electron chi connectivity index (χ4n) is 3.92. The first-order chi connectivity index (χ1) is 14.8. The summed E-state index contributed by atoms with van der Waals surface area (Å²) < 4.78 is 0. The fraction of sp³-hybridized carbons (Fsp3) is 0.207. The van der Waals surface area contributed by atoms with Gasteiger partial charge in [-0.05, 0) is 64.2 Å². The van der Waals surface area contributed by atoms with Crippen molar-refractivity contribution in [3.05, 3.63) is 143 Å². The van der Waals surface area contributed by atoms with Gasteiger partial charge in [0.25, 0.3) is 0 Å². The maximum absolute atomic E-state index is 5.14. The summed E-state index contributed by atoms with van der Waals surface area (Å²) in [5.74, 6) is 0.346. The molecule has 5 rings (SSSR count). The van der Waals surface area contributed by atoms with E-state index in [2.05, 4.69) is 61.5 Å². The predicted octanol–water partition coefficient (Wildman–Crippen LogP) is 7.65. The SMILES string of the molecule is [CH2-][C@@H]1CCCC[C@@]1([N-]c1ccccc1)c1ccccc1.[CH]1[CH][CH][CH][CH]1.[CH]1[CH][CH][CH][CH]1.[Zr+4]. The Hall–Kier alpha value is -0.877. The zero-order chi connectivity index (χ0) is 20.9. The predicted molar refractivity (Wildman–Crippen MR) is 128 cm³/mol. The molecule has 0 aromatic heterocycles. The van der Waals surface area contributed by atoms with E-state index in [9.17, 15) is 0 Å². The van der Waals surface area contributed by atoms with E-state index in [-0.39, 0.29) is 31.7 Å². The van der Waals surface area contributed by atoms with Gasteiger partial charge in [-0.1, -0.05) is 91.9 Å². The van der Waals surface area contributed by atoms with Gasteiger partial charge in [0.15, 0.2) is 0 Å². The Balaban J connectivity index is 0.000000254. The number of hydrogen-bond acceptors (Lipinski definition) is 0. The van der Waals surface area contributed by atoms with Crippen LogP contribution in [0.25, 0.3) is 5.32 Å². The minimum absolute atomic E-state index is 0. The zero-order valence-corrected chi connectivity index (χ0v) is 20.6. The number of nitrogens with zero attached hydrogens (tertiary/aromatic N) is 1. The van der Waals surface area contributed by atoms with Crippen LogP contribution < -0.4 is 0 Å². The van der Waals surface area contributed by atoms with E-state index in [4.69, 9.17) is 5.32 Å². The van der Waals surface area contributed by atoms with E-state index >= 15 is 0 Å². The van der Waals surface area contributed by atoms with Gasteiger partial charge in [0.05, 0.1) is 0 Å². The summed E-state index contributed by atoms with van der Waals surface area (Å²) in [7, 11) is 0. The second-order valence-electron chi connectivity index (χ2n) is 7.60. The summed E-state index contributed by atoms with van der Waals surface area (Å²) in [6, 6.07) is 21.0. The molecule has 0 aliphatic heterocycles. The van der Waals surface area contributed by atoms with Crippen molar-refractivity contribution in [2.45, 2.75) is 31.2 Å². The van der Waals surface area contributed by atoms with E-state index in [1.165, 1.54) is 18.4 Å². The molecular formula is C29H31NZr+2. The van der Waals surface area contributed by atoms with Crippen LogP contribution in [-0.4, -0.2) is 0 Å². The van der Waals surface area contributed by atoms with Gasteiger partial charge in [0.1, 0.15) is 0 Å². The molecule has 31 heavy (non-hydrogen) atoms. The average molecular weight is 485 g/mol. The van der Waals surface area contributed by atoms with E-state index in [1.807, 2.05) is 70.3 Å². The normalized spacial score (nSPS) is 24.6. The van der Waals surface area contributed by atoms with Crippen molar-refractivity contribution in [3.8, 4) is 0 Å². The molecule has 2 heteroatoms. The Morgan fingerprint density at radius 3 is 1.55 bits per heavy atom. The molecule has 3 aliphatic carbocycles. The quantitative estimate of drug-likeness (QED) is 0.397. The molecule has 2 aromatic rings. The van der Waals surface area contributed by atoms with Gasteiger partial charge in [-0.3, -0.25) is 0 Å². The minimum Gasteiger partial charge on any atom is -0.677 e. The molecule has 1 nitrogen and oxygen atoms in total. The van der Waals surface area contributed by atoms with Gasteiger partial charge in [-0.2, -0.15) is 5.92 Å². The monoisotopic (exact) mass is 483 g/mol. The second kappa shape index (κ2) is 15.0. The van der Waals surface area contributed by atoms with Crippen LogP contribution in [0.2, 0.25) is 0 Å². The summed E-state index contributed by atoms with van der Waals surface area (Å²) in [6.07, 6.45) is 24.8. The first kappa shape index (κ1) is 26.4. The first-order valence-corrected chi connectivity index (χ1v) is 10.8. The molecule has 10 radical (unpaired) electrons. The maximum Gasteiger partial charge on any atom is 4.00 e. The van der Waals surface area contributed by atoms with Crippen LogP contribution in [0, 0.1) is 77.0 Å². The van der Waals surface area contributed by atoms with Crippen molar-refractivity contribution in [1.82, 2.24) is 0 Å². The first-order valence-electron chi connectivity index (χ1n) is 10.8. The summed E-state index contributed by atoms with van der Waals surface area (Å²) in [5, 5.41) is 5.14. The van der Waals surface area contributed by atoms with E-state index in [0.717, 1.165) is 18.5 Å². The Morgan fingerprint density at radius 2 is 1.10 bits per heavy atom. The van der Waals surface area contributed by atoms with Gasteiger partial charge in [-0.15, -0.1) is 11.2 Å². The molecule has 2 aromatic carbocycles. The van der Waals surface area contributed by atoms with Crippen LogP contribution in [0.15, 0.2) is 60.7 Å². The van der Waals surface area contributed by atoms with Crippen molar-refractivity contribution in [1.29, 1.82) is 0 Å². The van der Waals surface area contributed by atoms with Crippen LogP contribution in [0.5, 0.6) is 0 Å². The molecule has 0 N–H and O–H groups in total. The van der Waals surface area contributed by atoms with E-state index in [1.54, 1.807) is 0 Å². The Kier molecular flexibility index (Phi) is 12.8. The largest absolute Gasteiger partial charge is 4.00 e. The summed E-state index contributed by atoms with van der Waals surface area (Å²) in [6.45, 7) is 4.43. The van der Waals surface area contributed by atoms with Crippen LogP contribution in [0.3, 0.4) is 0 Å². The summed E-state index contributed by atoms with van der Waals surface area (Å²) in [4.78, 5) is 0. The minimum atomic E-state index is -0.152. The molecule has 0 bridgehead atoms. The van der Waals surface area contributed by atoms with Crippen molar-refractivity contribution in [3.63, 3.8) is 0 Å². The number of rotatable bonds is 3. The number of benzene rings is 2. The van der Waals surface area contributed by atoms with Crippen LogP contribution in [-0.2, 0) is 31.7 Å². The second-order valence-corrected chi connectivity index (χ2v) is 7.60. The Morgan fingerprint density at radius 1 is 0.645 bits per heavy atom. The van der Waals surface area contributed by atoms with Gasteiger partial charge < -0.3 is 12.2 Å². The third kappa shape index (κ3) is 8.53. The third-order valence-electron chi connectivity index (χ3n) is 5.51. The van der Waals surface area contributed by atoms with Crippen LogP contribution in [0.1, 0.15) is 31.2 Å². The number of hydrogen-bond donors (Lipinski definition) is 0. The van der Waals surface area contributed by atoms with Gasteiger partial charge in [0, 0.05) is 0 Å². The topological polar surface area (TPSA) is 14.1 Å². The molecule has 2 atom stereocenters. The van der Waals surface area contributed by atoms with Crippen molar-refractivity contribution >= 4 is 5.69 Å². The molecule has 3 saturated carbocycles. The van der Waals surface area contributed by atoms with E-state index in [0.29, 0.717) is 5.92 Å². The van der Waals surface area contributed by atoms with Gasteiger partial charge in [-0.25, -0.2) is 0 Å². The van der Waals surface area contributed by atoms with Crippen LogP contribution in [0.4, 0.5) is 5.69 Å². The molecule has 3 fully saturated rings. The third-order valence-corrected chi connectivity index (χ3v) is 5.51.